The number of rotatable bonds is 3. The lowest BCUT2D eigenvalue weighted by atomic mass is 10.0. The molecule has 0 spiro atoms. The van der Waals surface area contributed by atoms with Crippen molar-refractivity contribution in [3.8, 4) is 0 Å². The second-order valence-electron chi connectivity index (χ2n) is 5.13. The first kappa shape index (κ1) is 14.0. The first-order chi connectivity index (χ1) is 10.1. The fraction of sp³-hybridized carbons (Fsp3) is 0.188. The lowest BCUT2D eigenvalue weighted by Crippen LogP contribution is -2.21. The first-order valence-corrected chi connectivity index (χ1v) is 7.56. The normalized spacial score (nSPS) is 14.3. The highest BCUT2D eigenvalue weighted by Gasteiger charge is 2.21. The lowest BCUT2D eigenvalue weighted by Gasteiger charge is -2.30. The van der Waals surface area contributed by atoms with Gasteiger partial charge in [0.1, 0.15) is 0 Å². The molecule has 108 valence electrons. The minimum absolute atomic E-state index is 0.163. The van der Waals surface area contributed by atoms with Crippen LogP contribution >= 0.6 is 11.8 Å². The largest absolute Gasteiger partial charge is 0.370 e. The van der Waals surface area contributed by atoms with Gasteiger partial charge in [0.25, 0.3) is 0 Å². The highest BCUT2D eigenvalue weighted by atomic mass is 32.2. The third-order valence-electron chi connectivity index (χ3n) is 3.64. The summed E-state index contributed by atoms with van der Waals surface area (Å²) in [7, 11) is 2.06. The van der Waals surface area contributed by atoms with Crippen LogP contribution in [0.3, 0.4) is 0 Å². The van der Waals surface area contributed by atoms with E-state index in [9.17, 15) is 4.79 Å². The molecule has 1 atom stereocenters. The van der Waals surface area contributed by atoms with Gasteiger partial charge in [-0.15, -0.1) is 0 Å². The SMILES string of the molecule is CN1c2ccccc2Sc2cc(C(N)CC(N)=O)ccc21. The highest BCUT2D eigenvalue weighted by Crippen LogP contribution is 2.47. The molecule has 3 rings (SSSR count). The van der Waals surface area contributed by atoms with E-state index in [1.807, 2.05) is 18.2 Å². The van der Waals surface area contributed by atoms with Crippen LogP contribution in [0.5, 0.6) is 0 Å². The van der Waals surface area contributed by atoms with Crippen molar-refractivity contribution in [3.63, 3.8) is 0 Å². The van der Waals surface area contributed by atoms with Crippen LogP contribution < -0.4 is 16.4 Å². The third kappa shape index (κ3) is 2.62. The molecule has 2 aromatic rings. The quantitative estimate of drug-likeness (QED) is 0.914. The minimum Gasteiger partial charge on any atom is -0.370 e. The van der Waals surface area contributed by atoms with E-state index in [4.69, 9.17) is 11.5 Å². The molecule has 0 saturated heterocycles. The van der Waals surface area contributed by atoms with Gasteiger partial charge in [0.15, 0.2) is 0 Å². The summed E-state index contributed by atoms with van der Waals surface area (Å²) in [6.07, 6.45) is 0.163. The van der Waals surface area contributed by atoms with E-state index in [0.717, 1.165) is 16.1 Å². The molecule has 2 aromatic carbocycles. The van der Waals surface area contributed by atoms with E-state index in [1.54, 1.807) is 11.8 Å². The lowest BCUT2D eigenvalue weighted by molar-refractivity contribution is -0.118. The second kappa shape index (κ2) is 5.42. The zero-order valence-electron chi connectivity index (χ0n) is 11.7. The Morgan fingerprint density at radius 1 is 1.19 bits per heavy atom. The number of nitrogens with zero attached hydrogens (tertiary/aromatic N) is 1. The topological polar surface area (TPSA) is 72.3 Å². The number of carbonyl (C=O) groups excluding carboxylic acids is 1. The van der Waals surface area contributed by atoms with Gasteiger partial charge in [0.05, 0.1) is 11.4 Å². The summed E-state index contributed by atoms with van der Waals surface area (Å²) in [5, 5.41) is 0. The fourth-order valence-corrected chi connectivity index (χ4v) is 3.72. The zero-order valence-corrected chi connectivity index (χ0v) is 12.6. The van der Waals surface area contributed by atoms with Crippen molar-refractivity contribution in [1.29, 1.82) is 0 Å². The molecule has 1 heterocycles. The number of benzene rings is 2. The van der Waals surface area contributed by atoms with Crippen LogP contribution in [0.2, 0.25) is 0 Å². The number of fused-ring (bicyclic) bond motifs is 2. The summed E-state index contributed by atoms with van der Waals surface area (Å²) in [6.45, 7) is 0. The molecule has 0 fully saturated rings. The van der Waals surface area contributed by atoms with Crippen LogP contribution in [0.4, 0.5) is 11.4 Å². The average molecular weight is 299 g/mol. The summed E-state index contributed by atoms with van der Waals surface area (Å²) in [4.78, 5) is 15.6. The molecular formula is C16H17N3OS. The second-order valence-corrected chi connectivity index (χ2v) is 6.22. The van der Waals surface area contributed by atoms with Crippen molar-refractivity contribution in [3.05, 3.63) is 48.0 Å². The number of carbonyl (C=O) groups is 1. The Morgan fingerprint density at radius 2 is 1.90 bits per heavy atom. The predicted octanol–water partition coefficient (Wildman–Crippen LogP) is 2.79. The van der Waals surface area contributed by atoms with Crippen molar-refractivity contribution < 1.29 is 4.79 Å². The summed E-state index contributed by atoms with van der Waals surface area (Å²) in [5.41, 5.74) is 14.5. The molecule has 0 aliphatic carbocycles. The van der Waals surface area contributed by atoms with Crippen molar-refractivity contribution in [1.82, 2.24) is 0 Å². The number of amides is 1. The third-order valence-corrected chi connectivity index (χ3v) is 4.75. The first-order valence-electron chi connectivity index (χ1n) is 6.74. The Kier molecular flexibility index (Phi) is 3.61. The molecule has 21 heavy (non-hydrogen) atoms. The van der Waals surface area contributed by atoms with Crippen molar-refractivity contribution in [2.75, 3.05) is 11.9 Å². The van der Waals surface area contributed by atoms with Gasteiger partial charge in [-0.2, -0.15) is 0 Å². The molecule has 0 saturated carbocycles. The molecule has 1 aliphatic rings. The molecular weight excluding hydrogens is 282 g/mol. The average Bonchev–Trinajstić information content (AvgIpc) is 2.46. The summed E-state index contributed by atoms with van der Waals surface area (Å²) >= 11 is 1.72. The number of para-hydroxylation sites is 1. The molecule has 5 heteroatoms. The number of hydrogen-bond acceptors (Lipinski definition) is 4. The minimum atomic E-state index is -0.379. The van der Waals surface area contributed by atoms with E-state index >= 15 is 0 Å². The van der Waals surface area contributed by atoms with Crippen LogP contribution in [-0.2, 0) is 4.79 Å². The summed E-state index contributed by atoms with van der Waals surface area (Å²) in [6, 6.07) is 14.0. The molecule has 1 aliphatic heterocycles. The van der Waals surface area contributed by atoms with Crippen LogP contribution in [0, 0.1) is 0 Å². The van der Waals surface area contributed by atoms with E-state index in [-0.39, 0.29) is 18.4 Å². The van der Waals surface area contributed by atoms with Gasteiger partial charge < -0.3 is 16.4 Å². The molecule has 0 radical (unpaired) electrons. The molecule has 0 bridgehead atoms. The van der Waals surface area contributed by atoms with E-state index in [2.05, 4.69) is 36.2 Å². The van der Waals surface area contributed by atoms with Crippen LogP contribution in [0.1, 0.15) is 18.0 Å². The van der Waals surface area contributed by atoms with E-state index in [0.29, 0.717) is 0 Å². The number of primary amides is 1. The highest BCUT2D eigenvalue weighted by molar-refractivity contribution is 7.99. The van der Waals surface area contributed by atoms with E-state index < -0.39 is 0 Å². The van der Waals surface area contributed by atoms with Gasteiger partial charge in [-0.25, -0.2) is 0 Å². The van der Waals surface area contributed by atoms with Crippen molar-refractivity contribution in [2.24, 2.45) is 11.5 Å². The summed E-state index contributed by atoms with van der Waals surface area (Å²) < 4.78 is 0. The Morgan fingerprint density at radius 3 is 2.67 bits per heavy atom. The Labute approximate surface area is 128 Å². The number of anilines is 2. The Bertz CT molecular complexity index is 702. The smallest absolute Gasteiger partial charge is 0.219 e. The standard InChI is InChI=1S/C16H17N3OS/c1-19-12-4-2-3-5-14(12)21-15-8-10(6-7-13(15)19)11(17)9-16(18)20/h2-8,11H,9,17H2,1H3,(H2,18,20). The molecule has 1 amide bonds. The maximum atomic E-state index is 11.0. The van der Waals surface area contributed by atoms with Gasteiger partial charge in [0, 0.05) is 29.3 Å². The maximum absolute atomic E-state index is 11.0. The van der Waals surface area contributed by atoms with Crippen LogP contribution in [-0.4, -0.2) is 13.0 Å². The van der Waals surface area contributed by atoms with Gasteiger partial charge in [0.2, 0.25) is 5.91 Å². The monoisotopic (exact) mass is 299 g/mol. The van der Waals surface area contributed by atoms with Crippen molar-refractivity contribution >= 4 is 29.0 Å². The van der Waals surface area contributed by atoms with Gasteiger partial charge in [-0.1, -0.05) is 30.0 Å². The van der Waals surface area contributed by atoms with Gasteiger partial charge in [-0.3, -0.25) is 4.79 Å². The Balaban J connectivity index is 1.96. The molecule has 4 nitrogen and oxygen atoms in total. The molecule has 4 N–H and O–H groups in total. The summed E-state index contributed by atoms with van der Waals surface area (Å²) in [5.74, 6) is -0.379. The number of hydrogen-bond donors (Lipinski definition) is 2. The molecule has 0 aromatic heterocycles. The Hall–Kier alpha value is -1.98. The van der Waals surface area contributed by atoms with Gasteiger partial charge >= 0.3 is 0 Å². The van der Waals surface area contributed by atoms with Crippen LogP contribution in [0.25, 0.3) is 0 Å². The number of nitrogens with two attached hydrogens (primary N) is 2. The maximum Gasteiger partial charge on any atom is 0.219 e. The predicted molar refractivity (Wildman–Crippen MR) is 85.8 cm³/mol. The fourth-order valence-electron chi connectivity index (χ4n) is 2.52. The zero-order chi connectivity index (χ0) is 15.0. The molecule has 1 unspecified atom stereocenters. The van der Waals surface area contributed by atoms with Gasteiger partial charge in [-0.05, 0) is 29.8 Å². The van der Waals surface area contributed by atoms with Crippen molar-refractivity contribution in [2.45, 2.75) is 22.3 Å². The van der Waals surface area contributed by atoms with E-state index in [1.165, 1.54) is 10.6 Å². The van der Waals surface area contributed by atoms with Crippen LogP contribution in [0.15, 0.2) is 52.3 Å².